The van der Waals surface area contributed by atoms with Crippen LogP contribution in [0.25, 0.3) is 11.1 Å². The van der Waals surface area contributed by atoms with Gasteiger partial charge in [0.2, 0.25) is 0 Å². The van der Waals surface area contributed by atoms with E-state index < -0.39 is 0 Å². The first-order chi connectivity index (χ1) is 5.86. The van der Waals surface area contributed by atoms with Crippen molar-refractivity contribution < 1.29 is 8.81 Å². The van der Waals surface area contributed by atoms with Crippen LogP contribution >= 0.6 is 0 Å². The summed E-state index contributed by atoms with van der Waals surface area (Å²) in [5.41, 5.74) is 1.17. The summed E-state index contributed by atoms with van der Waals surface area (Å²) in [5.74, 6) is -0.290. The van der Waals surface area contributed by atoms with Gasteiger partial charge < -0.3 is 4.42 Å². The van der Waals surface area contributed by atoms with Crippen LogP contribution in [0.2, 0.25) is 0 Å². The van der Waals surface area contributed by atoms with E-state index >= 15 is 0 Å². The molecule has 0 amide bonds. The van der Waals surface area contributed by atoms with Crippen LogP contribution in [0.1, 0.15) is 13.8 Å². The number of nitrogens with zero attached hydrogens (tertiary/aromatic N) is 1. The van der Waals surface area contributed by atoms with E-state index in [9.17, 15) is 4.39 Å². The average molecular weight is 167 g/mol. The summed E-state index contributed by atoms with van der Waals surface area (Å²) in [6, 6.07) is 4.23. The molecule has 0 fully saturated rings. The van der Waals surface area contributed by atoms with Crippen molar-refractivity contribution in [2.45, 2.75) is 13.8 Å². The molecule has 0 spiro atoms. The Balaban J connectivity index is 0.000000336. The van der Waals surface area contributed by atoms with Crippen LogP contribution in [-0.2, 0) is 0 Å². The predicted molar refractivity (Wildman–Crippen MR) is 45.3 cm³/mol. The molecule has 3 heteroatoms. The summed E-state index contributed by atoms with van der Waals surface area (Å²) < 4.78 is 17.3. The first-order valence-electron chi connectivity index (χ1n) is 3.85. The van der Waals surface area contributed by atoms with Crippen LogP contribution in [0.3, 0.4) is 0 Å². The molecule has 0 atom stereocenters. The third-order valence-electron chi connectivity index (χ3n) is 1.29. The van der Waals surface area contributed by atoms with Gasteiger partial charge in [-0.05, 0) is 12.1 Å². The highest BCUT2D eigenvalue weighted by Crippen LogP contribution is 2.12. The van der Waals surface area contributed by atoms with E-state index in [1.54, 1.807) is 6.07 Å². The number of hydrogen-bond acceptors (Lipinski definition) is 2. The lowest BCUT2D eigenvalue weighted by Crippen LogP contribution is -1.71. The lowest BCUT2D eigenvalue weighted by Gasteiger charge is -1.84. The molecular weight excluding hydrogens is 157 g/mol. The molecule has 64 valence electrons. The maximum absolute atomic E-state index is 12.4. The quantitative estimate of drug-likeness (QED) is 0.602. The SMILES string of the molecule is CC.Fc1ccc2ocnc2c1. The summed E-state index contributed by atoms with van der Waals surface area (Å²) in [4.78, 5) is 3.77. The smallest absolute Gasteiger partial charge is 0.181 e. The van der Waals surface area contributed by atoms with Gasteiger partial charge in [0.1, 0.15) is 11.3 Å². The minimum Gasteiger partial charge on any atom is -0.443 e. The van der Waals surface area contributed by atoms with Crippen molar-refractivity contribution in [1.82, 2.24) is 4.98 Å². The zero-order chi connectivity index (χ0) is 8.97. The molecule has 0 aliphatic rings. The Labute approximate surface area is 70.0 Å². The lowest BCUT2D eigenvalue weighted by molar-refractivity contribution is 0.599. The van der Waals surface area contributed by atoms with Crippen molar-refractivity contribution in [3.05, 3.63) is 30.4 Å². The van der Waals surface area contributed by atoms with Crippen molar-refractivity contribution in [3.8, 4) is 0 Å². The Hall–Kier alpha value is -1.38. The Morgan fingerprint density at radius 3 is 2.83 bits per heavy atom. The van der Waals surface area contributed by atoms with Gasteiger partial charge in [0.15, 0.2) is 12.0 Å². The molecule has 2 rings (SSSR count). The van der Waals surface area contributed by atoms with Gasteiger partial charge in [-0.2, -0.15) is 0 Å². The fraction of sp³-hybridized carbons (Fsp3) is 0.222. The van der Waals surface area contributed by atoms with Crippen molar-refractivity contribution >= 4 is 11.1 Å². The van der Waals surface area contributed by atoms with Crippen molar-refractivity contribution in [1.29, 1.82) is 0 Å². The molecule has 0 aliphatic heterocycles. The van der Waals surface area contributed by atoms with Crippen molar-refractivity contribution in [3.63, 3.8) is 0 Å². The van der Waals surface area contributed by atoms with Crippen LogP contribution in [-0.4, -0.2) is 4.98 Å². The zero-order valence-corrected chi connectivity index (χ0v) is 7.04. The molecule has 0 bridgehead atoms. The van der Waals surface area contributed by atoms with Crippen LogP contribution in [0.15, 0.2) is 29.0 Å². The van der Waals surface area contributed by atoms with E-state index in [-0.39, 0.29) is 5.82 Å². The maximum Gasteiger partial charge on any atom is 0.181 e. The molecule has 1 heterocycles. The van der Waals surface area contributed by atoms with Gasteiger partial charge in [-0.15, -0.1) is 0 Å². The maximum atomic E-state index is 12.4. The third-order valence-corrected chi connectivity index (χ3v) is 1.29. The molecular formula is C9H10FNO. The second-order valence-electron chi connectivity index (χ2n) is 1.96. The van der Waals surface area contributed by atoms with E-state index in [1.165, 1.54) is 18.5 Å². The molecule has 0 saturated heterocycles. The van der Waals surface area contributed by atoms with E-state index in [2.05, 4.69) is 4.98 Å². The molecule has 1 aromatic carbocycles. The summed E-state index contributed by atoms with van der Waals surface area (Å²) >= 11 is 0. The normalized spacial score (nSPS) is 9.25. The Morgan fingerprint density at radius 1 is 1.33 bits per heavy atom. The summed E-state index contributed by atoms with van der Waals surface area (Å²) in [6.07, 6.45) is 1.30. The second-order valence-corrected chi connectivity index (χ2v) is 1.96. The highest BCUT2D eigenvalue weighted by atomic mass is 19.1. The fourth-order valence-corrected chi connectivity index (χ4v) is 0.831. The fourth-order valence-electron chi connectivity index (χ4n) is 0.831. The molecule has 0 saturated carbocycles. The first-order valence-corrected chi connectivity index (χ1v) is 3.85. The zero-order valence-electron chi connectivity index (χ0n) is 7.04. The highest BCUT2D eigenvalue weighted by Gasteiger charge is 1.97. The van der Waals surface area contributed by atoms with Crippen molar-refractivity contribution in [2.24, 2.45) is 0 Å². The number of rotatable bonds is 0. The molecule has 1 aromatic heterocycles. The molecule has 2 aromatic rings. The third kappa shape index (κ3) is 1.61. The minimum absolute atomic E-state index is 0.290. The number of hydrogen-bond donors (Lipinski definition) is 0. The largest absolute Gasteiger partial charge is 0.443 e. The van der Waals surface area contributed by atoms with E-state index in [1.807, 2.05) is 13.8 Å². The van der Waals surface area contributed by atoms with Gasteiger partial charge in [-0.1, -0.05) is 13.8 Å². The molecule has 0 unspecified atom stereocenters. The number of benzene rings is 1. The summed E-state index contributed by atoms with van der Waals surface area (Å²) in [6.45, 7) is 4.00. The van der Waals surface area contributed by atoms with Crippen LogP contribution in [0.4, 0.5) is 4.39 Å². The van der Waals surface area contributed by atoms with Crippen LogP contribution < -0.4 is 0 Å². The van der Waals surface area contributed by atoms with E-state index in [0.717, 1.165) is 0 Å². The minimum atomic E-state index is -0.290. The van der Waals surface area contributed by atoms with E-state index in [0.29, 0.717) is 11.1 Å². The van der Waals surface area contributed by atoms with Crippen LogP contribution in [0, 0.1) is 5.82 Å². The topological polar surface area (TPSA) is 26.0 Å². The van der Waals surface area contributed by atoms with E-state index in [4.69, 9.17) is 4.42 Å². The number of aromatic nitrogens is 1. The van der Waals surface area contributed by atoms with Gasteiger partial charge >= 0.3 is 0 Å². The van der Waals surface area contributed by atoms with Crippen molar-refractivity contribution in [2.75, 3.05) is 0 Å². The first kappa shape index (κ1) is 8.71. The molecule has 2 nitrogen and oxygen atoms in total. The number of halogens is 1. The van der Waals surface area contributed by atoms with Gasteiger partial charge in [0.05, 0.1) is 0 Å². The summed E-state index contributed by atoms with van der Waals surface area (Å²) in [5, 5.41) is 0. The lowest BCUT2D eigenvalue weighted by atomic mass is 10.3. The average Bonchev–Trinajstić information content (AvgIpc) is 2.54. The summed E-state index contributed by atoms with van der Waals surface area (Å²) in [7, 11) is 0. The number of fused-ring (bicyclic) bond motifs is 1. The predicted octanol–water partition coefficient (Wildman–Crippen LogP) is 2.99. The van der Waals surface area contributed by atoms with Crippen LogP contribution in [0.5, 0.6) is 0 Å². The molecule has 0 aliphatic carbocycles. The monoisotopic (exact) mass is 167 g/mol. The van der Waals surface area contributed by atoms with Gasteiger partial charge in [0, 0.05) is 6.07 Å². The van der Waals surface area contributed by atoms with Gasteiger partial charge in [-0.25, -0.2) is 9.37 Å². The Bertz CT molecular complexity index is 356. The Morgan fingerprint density at radius 2 is 2.08 bits per heavy atom. The Kier molecular flexibility index (Phi) is 2.80. The molecule has 0 radical (unpaired) electrons. The standard InChI is InChI=1S/C7H4FNO.C2H6/c8-5-1-2-7-6(3-5)9-4-10-7;1-2/h1-4H;1-2H3. The van der Waals surface area contributed by atoms with Gasteiger partial charge in [0.25, 0.3) is 0 Å². The highest BCUT2D eigenvalue weighted by molar-refractivity contribution is 5.71. The molecule has 0 N–H and O–H groups in total. The second kappa shape index (κ2) is 3.85. The molecule has 12 heavy (non-hydrogen) atoms. The number of oxazole rings is 1. The van der Waals surface area contributed by atoms with Gasteiger partial charge in [-0.3, -0.25) is 0 Å².